The van der Waals surface area contributed by atoms with Gasteiger partial charge in [0, 0.05) is 5.02 Å². The lowest BCUT2D eigenvalue weighted by atomic mass is 10.2. The van der Waals surface area contributed by atoms with Gasteiger partial charge in [0.15, 0.2) is 6.61 Å². The van der Waals surface area contributed by atoms with Crippen molar-refractivity contribution in [3.63, 3.8) is 0 Å². The van der Waals surface area contributed by atoms with E-state index in [4.69, 9.17) is 16.3 Å². The second kappa shape index (κ2) is 5.90. The maximum Gasteiger partial charge on any atom is 0.265 e. The number of anilines is 2. The first-order valence-corrected chi connectivity index (χ1v) is 7.55. The molecule has 2 aromatic rings. The van der Waals surface area contributed by atoms with Crippen LogP contribution in [0.4, 0.5) is 10.8 Å². The molecule has 1 aromatic carbocycles. The summed E-state index contributed by atoms with van der Waals surface area (Å²) in [6, 6.07) is 4.93. The highest BCUT2D eigenvalue weighted by atomic mass is 35.5. The highest BCUT2D eigenvalue weighted by molar-refractivity contribution is 7.15. The fraction of sp³-hybridized carbons (Fsp3) is 0.231. The summed E-state index contributed by atoms with van der Waals surface area (Å²) in [5.41, 5.74) is 0.479. The van der Waals surface area contributed by atoms with Crippen molar-refractivity contribution in [3.05, 3.63) is 28.2 Å². The highest BCUT2D eigenvalue weighted by Crippen LogP contribution is 2.34. The lowest BCUT2D eigenvalue weighted by molar-refractivity contribution is -0.123. The molecule has 0 saturated carbocycles. The van der Waals surface area contributed by atoms with Gasteiger partial charge in [0.05, 0.1) is 5.69 Å². The quantitative estimate of drug-likeness (QED) is 0.923. The van der Waals surface area contributed by atoms with E-state index in [1.54, 1.807) is 25.1 Å². The van der Waals surface area contributed by atoms with Crippen LogP contribution in [0, 0.1) is 6.92 Å². The van der Waals surface area contributed by atoms with Gasteiger partial charge in [-0.15, -0.1) is 10.2 Å². The number of amides is 2. The van der Waals surface area contributed by atoms with Crippen molar-refractivity contribution in [1.82, 2.24) is 10.2 Å². The molecule has 1 aliphatic heterocycles. The Labute approximate surface area is 134 Å². The van der Waals surface area contributed by atoms with Crippen LogP contribution in [-0.4, -0.2) is 35.2 Å². The van der Waals surface area contributed by atoms with Crippen LogP contribution in [0.5, 0.6) is 5.75 Å². The number of hydrogen-bond donors (Lipinski definition) is 1. The van der Waals surface area contributed by atoms with Gasteiger partial charge < -0.3 is 4.74 Å². The Morgan fingerprint density at radius 3 is 3.05 bits per heavy atom. The third-order valence-corrected chi connectivity index (χ3v) is 3.93. The van der Waals surface area contributed by atoms with Crippen LogP contribution in [0.1, 0.15) is 5.01 Å². The van der Waals surface area contributed by atoms with Crippen molar-refractivity contribution < 1.29 is 14.3 Å². The molecule has 9 heteroatoms. The number of carbonyl (C=O) groups excluding carboxylic acids is 2. The average molecular weight is 339 g/mol. The molecule has 0 spiro atoms. The van der Waals surface area contributed by atoms with Crippen molar-refractivity contribution in [3.8, 4) is 5.75 Å². The van der Waals surface area contributed by atoms with E-state index in [1.807, 2.05) is 0 Å². The van der Waals surface area contributed by atoms with Crippen molar-refractivity contribution in [1.29, 1.82) is 0 Å². The first-order chi connectivity index (χ1) is 10.5. The second-order valence-electron chi connectivity index (χ2n) is 4.56. The van der Waals surface area contributed by atoms with Crippen LogP contribution in [-0.2, 0) is 9.59 Å². The molecule has 0 aliphatic carbocycles. The molecule has 0 fully saturated rings. The first-order valence-electron chi connectivity index (χ1n) is 6.35. The number of hydrogen-bond acceptors (Lipinski definition) is 6. The van der Waals surface area contributed by atoms with Crippen LogP contribution >= 0.6 is 22.9 Å². The number of ether oxygens (including phenoxy) is 1. The molecule has 2 amide bonds. The van der Waals surface area contributed by atoms with E-state index in [1.165, 1.54) is 16.2 Å². The summed E-state index contributed by atoms with van der Waals surface area (Å²) in [4.78, 5) is 25.4. The zero-order valence-corrected chi connectivity index (χ0v) is 13.1. The Kier molecular flexibility index (Phi) is 3.95. The van der Waals surface area contributed by atoms with Gasteiger partial charge in [-0.2, -0.15) is 0 Å². The molecule has 0 radical (unpaired) electrons. The van der Waals surface area contributed by atoms with Gasteiger partial charge in [-0.25, -0.2) is 0 Å². The Bertz CT molecular complexity index is 749. The Morgan fingerprint density at radius 2 is 2.32 bits per heavy atom. The van der Waals surface area contributed by atoms with Gasteiger partial charge in [-0.3, -0.25) is 19.8 Å². The minimum atomic E-state index is -0.364. The van der Waals surface area contributed by atoms with Crippen molar-refractivity contribution in [2.45, 2.75) is 6.92 Å². The van der Waals surface area contributed by atoms with Gasteiger partial charge >= 0.3 is 0 Å². The SMILES string of the molecule is Cc1nnc(NC(=O)CN2C(=O)COc3ccc(Cl)cc32)s1. The van der Waals surface area contributed by atoms with E-state index in [2.05, 4.69) is 15.5 Å². The minimum Gasteiger partial charge on any atom is -0.482 e. The fourth-order valence-electron chi connectivity index (χ4n) is 2.00. The molecule has 3 rings (SSSR count). The summed E-state index contributed by atoms with van der Waals surface area (Å²) in [7, 11) is 0. The van der Waals surface area contributed by atoms with Gasteiger partial charge in [-0.1, -0.05) is 22.9 Å². The first kappa shape index (κ1) is 14.7. The molecule has 22 heavy (non-hydrogen) atoms. The van der Waals surface area contributed by atoms with Crippen LogP contribution in [0.2, 0.25) is 5.02 Å². The lowest BCUT2D eigenvalue weighted by Gasteiger charge is -2.28. The lowest BCUT2D eigenvalue weighted by Crippen LogP contribution is -2.43. The number of fused-ring (bicyclic) bond motifs is 1. The summed E-state index contributed by atoms with van der Waals surface area (Å²) in [6.07, 6.45) is 0. The number of aromatic nitrogens is 2. The van der Waals surface area contributed by atoms with E-state index in [0.29, 0.717) is 21.6 Å². The van der Waals surface area contributed by atoms with Crippen molar-refractivity contribution in [2.24, 2.45) is 0 Å². The van der Waals surface area contributed by atoms with E-state index in [9.17, 15) is 9.59 Å². The predicted octanol–water partition coefficient (Wildman–Crippen LogP) is 1.86. The number of nitrogens with zero attached hydrogens (tertiary/aromatic N) is 3. The number of halogens is 1. The van der Waals surface area contributed by atoms with Crippen LogP contribution in [0.3, 0.4) is 0 Å². The van der Waals surface area contributed by atoms with Crippen LogP contribution in [0.15, 0.2) is 18.2 Å². The number of carbonyl (C=O) groups is 2. The zero-order valence-electron chi connectivity index (χ0n) is 11.5. The molecule has 7 nitrogen and oxygen atoms in total. The number of aryl methyl sites for hydroxylation is 1. The average Bonchev–Trinajstić information content (AvgIpc) is 2.87. The van der Waals surface area contributed by atoms with E-state index < -0.39 is 0 Å². The van der Waals surface area contributed by atoms with E-state index in [0.717, 1.165) is 5.01 Å². The molecule has 114 valence electrons. The summed E-state index contributed by atoms with van der Waals surface area (Å²) in [5, 5.41) is 11.8. The smallest absolute Gasteiger partial charge is 0.265 e. The molecule has 2 heterocycles. The normalized spacial score (nSPS) is 13.5. The second-order valence-corrected chi connectivity index (χ2v) is 6.17. The van der Waals surface area contributed by atoms with Crippen LogP contribution < -0.4 is 15.0 Å². The molecule has 0 saturated heterocycles. The fourth-order valence-corrected chi connectivity index (χ4v) is 2.77. The monoisotopic (exact) mass is 338 g/mol. The Hall–Kier alpha value is -2.19. The zero-order chi connectivity index (χ0) is 15.7. The molecular formula is C13H11ClN4O3S. The Balaban J connectivity index is 1.78. The predicted molar refractivity (Wildman–Crippen MR) is 82.6 cm³/mol. The molecule has 0 atom stereocenters. The van der Waals surface area contributed by atoms with Gasteiger partial charge in [0.2, 0.25) is 11.0 Å². The van der Waals surface area contributed by atoms with E-state index in [-0.39, 0.29) is 25.0 Å². The highest BCUT2D eigenvalue weighted by Gasteiger charge is 2.27. The topological polar surface area (TPSA) is 84.4 Å². The maximum absolute atomic E-state index is 12.1. The van der Waals surface area contributed by atoms with Gasteiger partial charge in [-0.05, 0) is 25.1 Å². The van der Waals surface area contributed by atoms with Gasteiger partial charge in [0.25, 0.3) is 5.91 Å². The number of rotatable bonds is 3. The molecule has 1 aliphatic rings. The van der Waals surface area contributed by atoms with E-state index >= 15 is 0 Å². The summed E-state index contributed by atoms with van der Waals surface area (Å²) >= 11 is 7.21. The van der Waals surface area contributed by atoms with Crippen molar-refractivity contribution >= 4 is 45.6 Å². The standard InChI is InChI=1S/C13H11ClN4O3S/c1-7-16-17-13(22-7)15-11(19)5-18-9-4-8(14)2-3-10(9)21-6-12(18)20/h2-4H,5-6H2,1H3,(H,15,17,19). The third kappa shape index (κ3) is 3.02. The van der Waals surface area contributed by atoms with Crippen LogP contribution in [0.25, 0.3) is 0 Å². The molecule has 1 aromatic heterocycles. The van der Waals surface area contributed by atoms with Gasteiger partial charge in [0.1, 0.15) is 17.3 Å². The Morgan fingerprint density at radius 1 is 1.50 bits per heavy atom. The minimum absolute atomic E-state index is 0.111. The molecular weight excluding hydrogens is 328 g/mol. The maximum atomic E-state index is 12.1. The number of benzene rings is 1. The summed E-state index contributed by atoms with van der Waals surface area (Å²) < 4.78 is 5.32. The number of nitrogens with one attached hydrogen (secondary N) is 1. The molecule has 0 unspecified atom stereocenters. The molecule has 1 N–H and O–H groups in total. The summed E-state index contributed by atoms with van der Waals surface area (Å²) in [5.74, 6) is -0.153. The largest absolute Gasteiger partial charge is 0.482 e. The summed E-state index contributed by atoms with van der Waals surface area (Å²) in [6.45, 7) is 1.53. The molecule has 0 bridgehead atoms. The van der Waals surface area contributed by atoms with Crippen molar-refractivity contribution in [2.75, 3.05) is 23.4 Å². The third-order valence-electron chi connectivity index (χ3n) is 2.94.